The number of aromatic nitrogens is 4. The maximum atomic E-state index is 12.9. The van der Waals surface area contributed by atoms with E-state index in [9.17, 15) is 8.42 Å². The van der Waals surface area contributed by atoms with Crippen LogP contribution in [0.1, 0.15) is 17.6 Å². The average molecular weight is 352 g/mol. The summed E-state index contributed by atoms with van der Waals surface area (Å²) in [7, 11) is -0.267. The zero-order valence-electron chi connectivity index (χ0n) is 13.8. The van der Waals surface area contributed by atoms with Crippen molar-refractivity contribution in [3.05, 3.63) is 30.1 Å². The van der Waals surface area contributed by atoms with E-state index in [0.717, 1.165) is 5.69 Å². The van der Waals surface area contributed by atoms with Crippen LogP contribution in [0.3, 0.4) is 0 Å². The van der Waals surface area contributed by atoms with Crippen molar-refractivity contribution in [2.24, 2.45) is 7.05 Å². The summed E-state index contributed by atoms with van der Waals surface area (Å²) in [6, 6.07) is 1.21. The number of morpholine rings is 1. The summed E-state index contributed by atoms with van der Waals surface area (Å²) < 4.78 is 34.3. The molecule has 10 heteroatoms. The molecule has 9 nitrogen and oxygen atoms in total. The summed E-state index contributed by atoms with van der Waals surface area (Å²) >= 11 is 0. The van der Waals surface area contributed by atoms with Gasteiger partial charge in [-0.05, 0) is 6.92 Å². The molecule has 1 unspecified atom stereocenters. The van der Waals surface area contributed by atoms with Crippen LogP contribution in [0, 0.1) is 6.92 Å². The number of aryl methyl sites for hydroxylation is 2. The van der Waals surface area contributed by atoms with Crippen molar-refractivity contribution in [2.75, 3.05) is 32.1 Å². The Balaban J connectivity index is 2.01. The van der Waals surface area contributed by atoms with E-state index in [1.165, 1.54) is 16.8 Å². The number of ether oxygens (including phenoxy) is 1. The first-order valence-corrected chi connectivity index (χ1v) is 8.96. The maximum absolute atomic E-state index is 12.9. The zero-order valence-corrected chi connectivity index (χ0v) is 14.6. The van der Waals surface area contributed by atoms with E-state index in [2.05, 4.69) is 20.3 Å². The lowest BCUT2D eigenvalue weighted by molar-refractivity contribution is 0.0288. The lowest BCUT2D eigenvalue weighted by Crippen LogP contribution is -2.44. The van der Waals surface area contributed by atoms with Gasteiger partial charge in [0.05, 0.1) is 19.5 Å². The van der Waals surface area contributed by atoms with Crippen molar-refractivity contribution in [3.63, 3.8) is 0 Å². The Morgan fingerprint density at radius 2 is 2.17 bits per heavy atom. The number of hydrogen-bond acceptors (Lipinski definition) is 7. The molecule has 3 rings (SSSR count). The molecule has 0 saturated carbocycles. The van der Waals surface area contributed by atoms with Crippen LogP contribution in [-0.4, -0.2) is 59.0 Å². The number of sulfonamides is 1. The summed E-state index contributed by atoms with van der Waals surface area (Å²) in [5, 5.41) is 2.97. The molecule has 1 aliphatic heterocycles. The lowest BCUT2D eigenvalue weighted by Gasteiger charge is -2.33. The van der Waals surface area contributed by atoms with E-state index in [1.807, 2.05) is 6.92 Å². The minimum Gasteiger partial charge on any atom is -0.378 e. The first-order valence-electron chi connectivity index (χ1n) is 7.52. The van der Waals surface area contributed by atoms with Crippen LogP contribution in [0.4, 0.5) is 5.82 Å². The van der Waals surface area contributed by atoms with E-state index in [0.29, 0.717) is 18.2 Å². The van der Waals surface area contributed by atoms with Crippen LogP contribution in [0.15, 0.2) is 23.6 Å². The third-order valence-electron chi connectivity index (χ3n) is 3.76. The van der Waals surface area contributed by atoms with Crippen molar-refractivity contribution < 1.29 is 13.2 Å². The van der Waals surface area contributed by atoms with Gasteiger partial charge in [0.25, 0.3) is 10.0 Å². The van der Waals surface area contributed by atoms with Gasteiger partial charge < -0.3 is 14.6 Å². The molecule has 24 heavy (non-hydrogen) atoms. The molecule has 0 bridgehead atoms. The number of imidazole rings is 1. The summed E-state index contributed by atoms with van der Waals surface area (Å²) in [5.74, 6) is 1.05. The highest BCUT2D eigenvalue weighted by molar-refractivity contribution is 7.89. The molecule has 130 valence electrons. The summed E-state index contributed by atoms with van der Waals surface area (Å²) in [6.45, 7) is 2.61. The average Bonchev–Trinajstić information content (AvgIpc) is 3.01. The first kappa shape index (κ1) is 16.8. The predicted octanol–water partition coefficient (Wildman–Crippen LogP) is 0.322. The molecule has 2 aromatic rings. The molecule has 1 atom stereocenters. The summed E-state index contributed by atoms with van der Waals surface area (Å²) in [6.07, 6.45) is 2.95. The predicted molar refractivity (Wildman–Crippen MR) is 87.0 cm³/mol. The number of nitrogens with one attached hydrogen (secondary N) is 1. The van der Waals surface area contributed by atoms with Gasteiger partial charge in [-0.15, -0.1) is 0 Å². The molecule has 1 N–H and O–H groups in total. The molecule has 1 aliphatic rings. The topological polar surface area (TPSA) is 102 Å². The lowest BCUT2D eigenvalue weighted by atomic mass is 10.2. The Bertz CT molecular complexity index is 835. The van der Waals surface area contributed by atoms with Gasteiger partial charge in [0.15, 0.2) is 10.9 Å². The SMILES string of the molecule is CNc1cc(C)nc(C2COCCN2S(=O)(=O)c2cn(C)cn2)n1. The zero-order chi connectivity index (χ0) is 17.3. The fourth-order valence-corrected chi connectivity index (χ4v) is 4.12. The Morgan fingerprint density at radius 1 is 1.38 bits per heavy atom. The Labute approximate surface area is 140 Å². The second-order valence-corrected chi connectivity index (χ2v) is 7.42. The molecule has 0 spiro atoms. The van der Waals surface area contributed by atoms with Crippen molar-refractivity contribution in [1.29, 1.82) is 0 Å². The quantitative estimate of drug-likeness (QED) is 0.845. The smallest absolute Gasteiger partial charge is 0.262 e. The Kier molecular flexibility index (Phi) is 4.52. The molecule has 0 amide bonds. The molecule has 0 aromatic carbocycles. The molecule has 3 heterocycles. The second kappa shape index (κ2) is 6.46. The summed E-state index contributed by atoms with van der Waals surface area (Å²) in [5.41, 5.74) is 0.755. The first-order chi connectivity index (χ1) is 11.4. The monoisotopic (exact) mass is 352 g/mol. The van der Waals surface area contributed by atoms with Gasteiger partial charge in [0.2, 0.25) is 0 Å². The minimum absolute atomic E-state index is 0.0124. The number of anilines is 1. The fourth-order valence-electron chi connectivity index (χ4n) is 2.59. The highest BCUT2D eigenvalue weighted by Crippen LogP contribution is 2.28. The fraction of sp³-hybridized carbons (Fsp3) is 0.500. The standard InChI is InChI=1S/C14H20N6O3S/c1-10-6-12(15-2)18-14(17-10)11-8-23-5-4-20(11)24(21,22)13-7-19(3)9-16-13/h6-7,9,11H,4-5,8H2,1-3H3,(H,15,17,18). The highest BCUT2D eigenvalue weighted by atomic mass is 32.2. The number of hydrogen-bond donors (Lipinski definition) is 1. The Morgan fingerprint density at radius 3 is 2.83 bits per heavy atom. The molecular formula is C14H20N6O3S. The van der Waals surface area contributed by atoms with Gasteiger partial charge in [-0.2, -0.15) is 4.31 Å². The van der Waals surface area contributed by atoms with Gasteiger partial charge in [-0.25, -0.2) is 23.4 Å². The van der Waals surface area contributed by atoms with Crippen LogP contribution in [0.5, 0.6) is 0 Å². The normalized spacial score (nSPS) is 19.4. The van der Waals surface area contributed by atoms with E-state index < -0.39 is 16.1 Å². The highest BCUT2D eigenvalue weighted by Gasteiger charge is 2.38. The van der Waals surface area contributed by atoms with Gasteiger partial charge in [-0.3, -0.25) is 0 Å². The van der Waals surface area contributed by atoms with Crippen LogP contribution in [0.2, 0.25) is 0 Å². The molecule has 1 fully saturated rings. The van der Waals surface area contributed by atoms with Gasteiger partial charge >= 0.3 is 0 Å². The number of nitrogens with zero attached hydrogens (tertiary/aromatic N) is 5. The molecule has 0 radical (unpaired) electrons. The van der Waals surface area contributed by atoms with Crippen molar-refractivity contribution >= 4 is 15.8 Å². The molecular weight excluding hydrogens is 332 g/mol. The third-order valence-corrected chi connectivity index (χ3v) is 5.55. The van der Waals surface area contributed by atoms with Crippen LogP contribution in [-0.2, 0) is 21.8 Å². The van der Waals surface area contributed by atoms with Crippen LogP contribution in [0.25, 0.3) is 0 Å². The van der Waals surface area contributed by atoms with Gasteiger partial charge in [0.1, 0.15) is 11.9 Å². The van der Waals surface area contributed by atoms with E-state index in [4.69, 9.17) is 4.74 Å². The molecule has 1 saturated heterocycles. The van der Waals surface area contributed by atoms with E-state index >= 15 is 0 Å². The van der Waals surface area contributed by atoms with Crippen LogP contribution < -0.4 is 5.32 Å². The molecule has 2 aromatic heterocycles. The maximum Gasteiger partial charge on any atom is 0.262 e. The van der Waals surface area contributed by atoms with Crippen molar-refractivity contribution in [3.8, 4) is 0 Å². The molecule has 0 aliphatic carbocycles. The minimum atomic E-state index is -3.75. The van der Waals surface area contributed by atoms with Gasteiger partial charge in [0, 0.05) is 38.6 Å². The second-order valence-electron chi connectivity index (χ2n) is 5.59. The Hall–Kier alpha value is -2.04. The van der Waals surface area contributed by atoms with E-state index in [-0.39, 0.29) is 18.2 Å². The largest absolute Gasteiger partial charge is 0.378 e. The summed E-state index contributed by atoms with van der Waals surface area (Å²) in [4.78, 5) is 12.8. The van der Waals surface area contributed by atoms with Crippen molar-refractivity contribution in [2.45, 2.75) is 18.0 Å². The van der Waals surface area contributed by atoms with E-state index in [1.54, 1.807) is 24.7 Å². The number of rotatable bonds is 4. The van der Waals surface area contributed by atoms with Crippen LogP contribution >= 0.6 is 0 Å². The van der Waals surface area contributed by atoms with Gasteiger partial charge in [-0.1, -0.05) is 0 Å². The van der Waals surface area contributed by atoms with Crippen molar-refractivity contribution in [1.82, 2.24) is 23.8 Å². The third kappa shape index (κ3) is 3.12.